The molecule has 0 amide bonds. The minimum Gasteiger partial charge on any atom is -0.377 e. The number of aromatic nitrogens is 1. The van der Waals surface area contributed by atoms with Crippen LogP contribution in [-0.2, 0) is 14.2 Å². The van der Waals surface area contributed by atoms with Crippen molar-refractivity contribution in [1.82, 2.24) is 4.98 Å². The fraction of sp³-hybridized carbons (Fsp3) is 0.731. The third-order valence-electron chi connectivity index (χ3n) is 5.51. The van der Waals surface area contributed by atoms with E-state index in [0.29, 0.717) is 17.9 Å². The van der Waals surface area contributed by atoms with Crippen molar-refractivity contribution in [2.45, 2.75) is 97.2 Å². The van der Waals surface area contributed by atoms with E-state index in [9.17, 15) is 8.78 Å². The smallest absolute Gasteiger partial charge is 0.377 e. The van der Waals surface area contributed by atoms with Crippen molar-refractivity contribution in [3.05, 3.63) is 24.0 Å². The number of piperidine rings is 1. The third-order valence-corrected chi connectivity index (χ3v) is 5.51. The van der Waals surface area contributed by atoms with Gasteiger partial charge in [0, 0.05) is 30.9 Å². The molecule has 0 N–H and O–H groups in total. The Labute approximate surface area is 197 Å². The van der Waals surface area contributed by atoms with E-state index >= 15 is 0 Å². The van der Waals surface area contributed by atoms with Gasteiger partial charge in [-0.1, -0.05) is 20.8 Å². The van der Waals surface area contributed by atoms with Crippen molar-refractivity contribution in [3.63, 3.8) is 0 Å². The maximum Gasteiger partial charge on any atom is 0.424 e. The summed E-state index contributed by atoms with van der Waals surface area (Å²) >= 11 is 0. The summed E-state index contributed by atoms with van der Waals surface area (Å²) in [7, 11) is 0. The van der Waals surface area contributed by atoms with Gasteiger partial charge in [-0.25, -0.2) is 4.98 Å². The first-order valence-electron chi connectivity index (χ1n) is 11.9. The van der Waals surface area contributed by atoms with E-state index in [-0.39, 0.29) is 11.5 Å². The molecular formula is C26H38F2N2O3. The summed E-state index contributed by atoms with van der Waals surface area (Å²) in [6, 6.07) is 3.64. The van der Waals surface area contributed by atoms with Crippen LogP contribution in [0.2, 0.25) is 0 Å². The normalized spacial score (nSPS) is 22.5. The lowest BCUT2D eigenvalue weighted by molar-refractivity contribution is -0.243. The lowest BCUT2D eigenvalue weighted by Crippen LogP contribution is -2.44. The number of ether oxygens (including phenoxy) is 3. The topological polar surface area (TPSA) is 43.8 Å². The maximum absolute atomic E-state index is 13.9. The molecule has 3 rings (SSSR count). The number of hydrogen-bond donors (Lipinski definition) is 0. The average molecular weight is 465 g/mol. The molecule has 2 heterocycles. The molecule has 0 unspecified atom stereocenters. The predicted octanol–water partition coefficient (Wildman–Crippen LogP) is 5.42. The Morgan fingerprint density at radius 1 is 1.03 bits per heavy atom. The van der Waals surface area contributed by atoms with E-state index in [4.69, 9.17) is 14.2 Å². The number of anilines is 1. The van der Waals surface area contributed by atoms with Crippen LogP contribution in [0.4, 0.5) is 14.5 Å². The first-order chi connectivity index (χ1) is 15.3. The van der Waals surface area contributed by atoms with Crippen molar-refractivity contribution in [2.75, 3.05) is 24.6 Å². The second kappa shape index (κ2) is 10.2. The van der Waals surface area contributed by atoms with Gasteiger partial charge in [-0.05, 0) is 69.9 Å². The summed E-state index contributed by atoms with van der Waals surface area (Å²) in [6.45, 7) is 13.7. The minimum atomic E-state index is -3.52. The highest BCUT2D eigenvalue weighted by molar-refractivity contribution is 5.50. The highest BCUT2D eigenvalue weighted by Crippen LogP contribution is 2.31. The SMILES string of the molecule is CC(C)(C)COC1CC(OC2CCN(c3ccnc(C#CC(F)(F)OC(C)(C)C)c3)CC2)C1. The molecule has 0 bridgehead atoms. The maximum atomic E-state index is 13.9. The zero-order chi connectivity index (χ0) is 24.3. The van der Waals surface area contributed by atoms with Crippen molar-refractivity contribution < 1.29 is 23.0 Å². The Bertz CT molecular complexity index is 838. The van der Waals surface area contributed by atoms with E-state index in [0.717, 1.165) is 51.1 Å². The van der Waals surface area contributed by atoms with Crippen LogP contribution in [-0.4, -0.2) is 54.7 Å². The Hall–Kier alpha value is -1.75. The van der Waals surface area contributed by atoms with Crippen LogP contribution < -0.4 is 4.90 Å². The summed E-state index contributed by atoms with van der Waals surface area (Å²) in [4.78, 5) is 6.35. The molecule has 1 aromatic heterocycles. The lowest BCUT2D eigenvalue weighted by atomic mass is 9.90. The molecule has 0 aromatic carbocycles. The number of hydrogen-bond acceptors (Lipinski definition) is 5. The van der Waals surface area contributed by atoms with Crippen LogP contribution in [0.15, 0.2) is 18.3 Å². The molecule has 1 aliphatic carbocycles. The minimum absolute atomic E-state index is 0.193. The van der Waals surface area contributed by atoms with Gasteiger partial charge < -0.3 is 19.1 Å². The molecule has 5 nitrogen and oxygen atoms in total. The van der Waals surface area contributed by atoms with Gasteiger partial charge in [-0.3, -0.25) is 0 Å². The highest BCUT2D eigenvalue weighted by atomic mass is 19.3. The van der Waals surface area contributed by atoms with Crippen LogP contribution in [0, 0.1) is 17.3 Å². The first-order valence-corrected chi connectivity index (χ1v) is 11.9. The monoisotopic (exact) mass is 464 g/mol. The van der Waals surface area contributed by atoms with E-state index in [1.807, 2.05) is 12.0 Å². The van der Waals surface area contributed by atoms with Crippen molar-refractivity contribution in [3.8, 4) is 11.8 Å². The number of halogens is 2. The summed E-state index contributed by atoms with van der Waals surface area (Å²) in [6.07, 6.45) is 2.79. The molecule has 1 saturated carbocycles. The fourth-order valence-electron chi connectivity index (χ4n) is 3.89. The molecule has 1 aromatic rings. The first kappa shape index (κ1) is 25.9. The average Bonchev–Trinajstić information content (AvgIpc) is 2.66. The van der Waals surface area contributed by atoms with Gasteiger partial charge >= 0.3 is 6.11 Å². The molecule has 184 valence electrons. The predicted molar refractivity (Wildman–Crippen MR) is 125 cm³/mol. The van der Waals surface area contributed by atoms with Crippen molar-refractivity contribution in [2.24, 2.45) is 5.41 Å². The molecule has 0 spiro atoms. The standard InChI is InChI=1S/C26H38F2N2O3/c1-24(2,3)18-31-22-16-23(17-22)32-21-9-13-30(14-10-21)20-8-12-29-19(15-20)7-11-26(27,28)33-25(4,5)6/h8,12,15,21-23H,9-10,13-14,16-18H2,1-6H3. The number of rotatable bonds is 6. The quantitative estimate of drug-likeness (QED) is 0.526. The van der Waals surface area contributed by atoms with Gasteiger partial charge in [-0.2, -0.15) is 8.78 Å². The molecule has 1 aliphatic heterocycles. The second-order valence-corrected chi connectivity index (χ2v) is 11.3. The molecule has 2 aliphatic rings. The highest BCUT2D eigenvalue weighted by Gasteiger charge is 2.35. The molecule has 2 fully saturated rings. The van der Waals surface area contributed by atoms with Crippen LogP contribution in [0.1, 0.15) is 72.9 Å². The fourth-order valence-corrected chi connectivity index (χ4v) is 3.89. The zero-order valence-corrected chi connectivity index (χ0v) is 20.8. The number of nitrogens with zero attached hydrogens (tertiary/aromatic N) is 2. The lowest BCUT2D eigenvalue weighted by Gasteiger charge is -2.41. The molecule has 7 heteroatoms. The summed E-state index contributed by atoms with van der Waals surface area (Å²) in [5.41, 5.74) is 0.448. The summed E-state index contributed by atoms with van der Waals surface area (Å²) < 4.78 is 44.8. The van der Waals surface area contributed by atoms with Crippen molar-refractivity contribution >= 4 is 5.69 Å². The van der Waals surface area contributed by atoms with Crippen molar-refractivity contribution in [1.29, 1.82) is 0 Å². The summed E-state index contributed by atoms with van der Waals surface area (Å²) in [5.74, 6) is 4.37. The van der Waals surface area contributed by atoms with Gasteiger partial charge in [0.25, 0.3) is 0 Å². The molecule has 33 heavy (non-hydrogen) atoms. The second-order valence-electron chi connectivity index (χ2n) is 11.3. The van der Waals surface area contributed by atoms with Crippen LogP contribution in [0.25, 0.3) is 0 Å². The van der Waals surface area contributed by atoms with Gasteiger partial charge in [0.15, 0.2) is 0 Å². The van der Waals surface area contributed by atoms with Gasteiger partial charge in [0.1, 0.15) is 5.69 Å². The van der Waals surface area contributed by atoms with Gasteiger partial charge in [0.05, 0.1) is 30.5 Å². The Morgan fingerprint density at radius 3 is 2.30 bits per heavy atom. The van der Waals surface area contributed by atoms with Gasteiger partial charge in [0.2, 0.25) is 0 Å². The van der Waals surface area contributed by atoms with Crippen LogP contribution >= 0.6 is 0 Å². The third kappa shape index (κ3) is 8.84. The van der Waals surface area contributed by atoms with E-state index in [1.54, 1.807) is 33.0 Å². The summed E-state index contributed by atoms with van der Waals surface area (Å²) in [5, 5.41) is 0. The Kier molecular flexibility index (Phi) is 8.03. The molecule has 1 saturated heterocycles. The number of pyridine rings is 1. The molecule has 0 atom stereocenters. The van der Waals surface area contributed by atoms with Gasteiger partial charge in [-0.15, -0.1) is 0 Å². The van der Waals surface area contributed by atoms with E-state index in [1.165, 1.54) is 0 Å². The number of alkyl halides is 2. The van der Waals surface area contributed by atoms with E-state index in [2.05, 4.69) is 36.6 Å². The molecular weight excluding hydrogens is 426 g/mol. The van der Waals surface area contributed by atoms with Crippen LogP contribution in [0.3, 0.4) is 0 Å². The zero-order valence-electron chi connectivity index (χ0n) is 20.8. The van der Waals surface area contributed by atoms with E-state index < -0.39 is 11.7 Å². The molecule has 0 radical (unpaired) electrons. The Morgan fingerprint density at radius 2 is 1.70 bits per heavy atom. The Balaban J connectivity index is 1.45. The van der Waals surface area contributed by atoms with Crippen LogP contribution in [0.5, 0.6) is 0 Å². The largest absolute Gasteiger partial charge is 0.424 e.